The summed E-state index contributed by atoms with van der Waals surface area (Å²) in [6.07, 6.45) is -1.95. The molecule has 0 radical (unpaired) electrons. The lowest BCUT2D eigenvalue weighted by atomic mass is 9.85. The molecule has 3 fully saturated rings. The molecule has 0 N–H and O–H groups in total. The van der Waals surface area contributed by atoms with Gasteiger partial charge in [0, 0.05) is 38.0 Å². The molecule has 3 aliphatic rings. The summed E-state index contributed by atoms with van der Waals surface area (Å²) in [4.78, 5) is 16.1. The van der Waals surface area contributed by atoms with Crippen LogP contribution in [0.1, 0.15) is 56.6 Å². The Balaban J connectivity index is 1.36. The Morgan fingerprint density at radius 2 is 1.85 bits per heavy atom. The second-order valence-electron chi connectivity index (χ2n) is 9.89. The number of hydrogen-bond donors (Lipinski definition) is 0. The van der Waals surface area contributed by atoms with Crippen LogP contribution in [0.3, 0.4) is 0 Å². The molecule has 6 nitrogen and oxygen atoms in total. The molecule has 0 aliphatic carbocycles. The Hall–Kier alpha value is -2.00. The largest absolute Gasteiger partial charge is 0.490 e. The average Bonchev–Trinajstić information content (AvgIpc) is 3.15. The first-order valence-corrected chi connectivity index (χ1v) is 12.3. The molecule has 3 saturated heterocycles. The molecule has 190 valence electrons. The third-order valence-corrected chi connectivity index (χ3v) is 7.39. The minimum Gasteiger partial charge on any atom is -0.490 e. The van der Waals surface area contributed by atoms with Gasteiger partial charge in [0.15, 0.2) is 6.10 Å². The molecule has 0 aromatic heterocycles. The van der Waals surface area contributed by atoms with Crippen molar-refractivity contribution in [1.82, 2.24) is 9.80 Å². The van der Waals surface area contributed by atoms with Crippen molar-refractivity contribution in [3.05, 3.63) is 29.3 Å². The fourth-order valence-corrected chi connectivity index (χ4v) is 5.40. The number of benzene rings is 1. The summed E-state index contributed by atoms with van der Waals surface area (Å²) >= 11 is 0. The summed E-state index contributed by atoms with van der Waals surface area (Å²) in [6.45, 7) is 6.99. The Kier molecular flexibility index (Phi) is 7.62. The molecule has 1 unspecified atom stereocenters. The number of likely N-dealkylation sites (tertiary alicyclic amines) is 2. The smallest absolute Gasteiger partial charge is 0.425 e. The van der Waals surface area contributed by atoms with Gasteiger partial charge >= 0.3 is 12.3 Å². The van der Waals surface area contributed by atoms with E-state index >= 15 is 0 Å². The molecule has 1 atom stereocenters. The molecule has 0 saturated carbocycles. The van der Waals surface area contributed by atoms with E-state index in [2.05, 4.69) is 34.8 Å². The number of ether oxygens (including phenoxy) is 3. The van der Waals surface area contributed by atoms with Crippen LogP contribution < -0.4 is 4.74 Å². The Bertz CT molecular complexity index is 849. The Labute approximate surface area is 199 Å². The number of hydrogen-bond acceptors (Lipinski definition) is 5. The second kappa shape index (κ2) is 10.3. The van der Waals surface area contributed by atoms with Gasteiger partial charge in [-0.3, -0.25) is 4.90 Å². The first-order chi connectivity index (χ1) is 16.1. The number of aryl methyl sites for hydroxylation is 1. The van der Waals surface area contributed by atoms with E-state index in [1.165, 1.54) is 10.5 Å². The Morgan fingerprint density at radius 3 is 2.53 bits per heavy atom. The highest BCUT2D eigenvalue weighted by Gasteiger charge is 2.45. The van der Waals surface area contributed by atoms with Crippen LogP contribution in [-0.2, 0) is 16.0 Å². The highest BCUT2D eigenvalue weighted by molar-refractivity contribution is 5.68. The normalized spacial score (nSPS) is 22.7. The van der Waals surface area contributed by atoms with E-state index in [0.717, 1.165) is 83.1 Å². The van der Waals surface area contributed by atoms with Gasteiger partial charge < -0.3 is 19.1 Å². The van der Waals surface area contributed by atoms with Crippen LogP contribution in [-0.4, -0.2) is 72.7 Å². The SMILES string of the molecule is Cc1cc(CN2CCCC23CCN(C(=O)OC(C)C(F)(F)F)CC3)cc(OC2CCOCC2)c1. The van der Waals surface area contributed by atoms with Gasteiger partial charge in [-0.05, 0) is 69.3 Å². The summed E-state index contributed by atoms with van der Waals surface area (Å²) < 4.78 is 54.5. The zero-order valence-corrected chi connectivity index (χ0v) is 20.0. The predicted molar refractivity (Wildman–Crippen MR) is 121 cm³/mol. The molecule has 3 heterocycles. The van der Waals surface area contributed by atoms with E-state index in [4.69, 9.17) is 9.47 Å². The maximum absolute atomic E-state index is 12.7. The highest BCUT2D eigenvalue weighted by Crippen LogP contribution is 2.40. The van der Waals surface area contributed by atoms with Crippen molar-refractivity contribution in [3.63, 3.8) is 0 Å². The van der Waals surface area contributed by atoms with E-state index in [9.17, 15) is 18.0 Å². The lowest BCUT2D eigenvalue weighted by Crippen LogP contribution is -2.53. The summed E-state index contributed by atoms with van der Waals surface area (Å²) in [5.74, 6) is 0.895. The fraction of sp³-hybridized carbons (Fsp3) is 0.720. The minimum absolute atomic E-state index is 0.0299. The zero-order valence-electron chi connectivity index (χ0n) is 20.0. The molecule has 3 aliphatic heterocycles. The number of rotatable bonds is 5. The van der Waals surface area contributed by atoms with Gasteiger partial charge in [-0.2, -0.15) is 13.2 Å². The maximum Gasteiger partial charge on any atom is 0.425 e. The van der Waals surface area contributed by atoms with Crippen molar-refractivity contribution in [3.8, 4) is 5.75 Å². The molecule has 1 aromatic rings. The van der Waals surface area contributed by atoms with Crippen LogP contribution in [0.4, 0.5) is 18.0 Å². The fourth-order valence-electron chi connectivity index (χ4n) is 5.40. The molecule has 9 heteroatoms. The van der Waals surface area contributed by atoms with E-state index in [1.807, 2.05) is 0 Å². The number of halogens is 3. The number of carbonyl (C=O) groups excluding carboxylic acids is 1. The number of carbonyl (C=O) groups is 1. The van der Waals surface area contributed by atoms with Crippen molar-refractivity contribution in [2.75, 3.05) is 32.8 Å². The maximum atomic E-state index is 12.7. The van der Waals surface area contributed by atoms with E-state index in [-0.39, 0.29) is 11.6 Å². The number of nitrogens with zero attached hydrogens (tertiary/aromatic N) is 2. The highest BCUT2D eigenvalue weighted by atomic mass is 19.4. The third kappa shape index (κ3) is 5.97. The number of piperidine rings is 1. The van der Waals surface area contributed by atoms with Crippen LogP contribution in [0.25, 0.3) is 0 Å². The summed E-state index contributed by atoms with van der Waals surface area (Å²) in [6, 6.07) is 6.39. The Morgan fingerprint density at radius 1 is 1.15 bits per heavy atom. The molecular formula is C25H35F3N2O4. The molecule has 34 heavy (non-hydrogen) atoms. The average molecular weight is 485 g/mol. The lowest BCUT2D eigenvalue weighted by molar-refractivity contribution is -0.200. The zero-order chi connectivity index (χ0) is 24.3. The van der Waals surface area contributed by atoms with Crippen molar-refractivity contribution in [2.45, 2.75) is 82.8 Å². The topological polar surface area (TPSA) is 51.2 Å². The molecule has 1 spiro atoms. The quantitative estimate of drug-likeness (QED) is 0.584. The number of amides is 1. The van der Waals surface area contributed by atoms with Crippen molar-refractivity contribution >= 4 is 6.09 Å². The predicted octanol–water partition coefficient (Wildman–Crippen LogP) is 5.07. The second-order valence-corrected chi connectivity index (χ2v) is 9.89. The minimum atomic E-state index is -4.55. The molecule has 1 aromatic carbocycles. The standard InChI is InChI=1S/C25H35F3N2O4/c1-18-14-20(16-22(15-18)34-21-4-12-32-13-5-21)17-30-9-3-6-24(30)7-10-29(11-8-24)23(31)33-19(2)25(26,27)28/h14-16,19,21H,3-13,17H2,1-2H3. The van der Waals surface area contributed by atoms with Crippen LogP contribution in [0.15, 0.2) is 18.2 Å². The first-order valence-electron chi connectivity index (χ1n) is 12.3. The van der Waals surface area contributed by atoms with Crippen molar-refractivity contribution in [2.24, 2.45) is 0 Å². The van der Waals surface area contributed by atoms with Gasteiger partial charge in [-0.15, -0.1) is 0 Å². The van der Waals surface area contributed by atoms with Crippen molar-refractivity contribution < 1.29 is 32.2 Å². The van der Waals surface area contributed by atoms with Gasteiger partial charge in [0.2, 0.25) is 0 Å². The van der Waals surface area contributed by atoms with Crippen LogP contribution in [0, 0.1) is 6.92 Å². The summed E-state index contributed by atoms with van der Waals surface area (Å²) in [7, 11) is 0. The molecule has 4 rings (SSSR count). The molecule has 1 amide bonds. The van der Waals surface area contributed by atoms with Gasteiger partial charge in [0.25, 0.3) is 0 Å². The lowest BCUT2D eigenvalue weighted by Gasteiger charge is -2.45. The molecule has 0 bridgehead atoms. The molecular weight excluding hydrogens is 449 g/mol. The van der Waals surface area contributed by atoms with Gasteiger partial charge in [0.05, 0.1) is 13.2 Å². The van der Waals surface area contributed by atoms with E-state index in [0.29, 0.717) is 13.1 Å². The summed E-state index contributed by atoms with van der Waals surface area (Å²) in [5.41, 5.74) is 2.33. The van der Waals surface area contributed by atoms with Crippen LogP contribution in [0.2, 0.25) is 0 Å². The van der Waals surface area contributed by atoms with Gasteiger partial charge in [-0.25, -0.2) is 4.79 Å². The monoisotopic (exact) mass is 484 g/mol. The van der Waals surface area contributed by atoms with Gasteiger partial charge in [-0.1, -0.05) is 6.07 Å². The van der Waals surface area contributed by atoms with Crippen molar-refractivity contribution in [1.29, 1.82) is 0 Å². The van der Waals surface area contributed by atoms with E-state index in [1.54, 1.807) is 0 Å². The van der Waals surface area contributed by atoms with Crippen LogP contribution in [0.5, 0.6) is 5.75 Å². The van der Waals surface area contributed by atoms with Crippen LogP contribution >= 0.6 is 0 Å². The first kappa shape index (κ1) is 25.1. The summed E-state index contributed by atoms with van der Waals surface area (Å²) in [5, 5.41) is 0. The number of alkyl halides is 3. The van der Waals surface area contributed by atoms with E-state index < -0.39 is 18.4 Å². The van der Waals surface area contributed by atoms with Gasteiger partial charge in [0.1, 0.15) is 11.9 Å². The third-order valence-electron chi connectivity index (χ3n) is 7.39.